The predicted molar refractivity (Wildman–Crippen MR) is 117 cm³/mol. The molecule has 0 saturated carbocycles. The SMILES string of the molecule is CC[C@H](O)COc1cc(-c2ccc(N3CCNCC3)nc2)c2c(C#N)cnn2c1.Cl. The van der Waals surface area contributed by atoms with Crippen LogP contribution in [0.25, 0.3) is 16.6 Å². The summed E-state index contributed by atoms with van der Waals surface area (Å²) in [6, 6.07) is 8.10. The molecule has 3 aromatic rings. The first kappa shape index (κ1) is 21.8. The molecule has 8 nitrogen and oxygen atoms in total. The van der Waals surface area contributed by atoms with Crippen LogP contribution in [0.3, 0.4) is 0 Å². The van der Waals surface area contributed by atoms with Crippen molar-refractivity contribution in [1.82, 2.24) is 19.9 Å². The summed E-state index contributed by atoms with van der Waals surface area (Å²) < 4.78 is 7.41. The summed E-state index contributed by atoms with van der Waals surface area (Å²) in [5, 5.41) is 26.9. The highest BCUT2D eigenvalue weighted by molar-refractivity contribution is 5.85. The largest absolute Gasteiger partial charge is 0.489 e. The first-order valence-electron chi connectivity index (χ1n) is 9.84. The summed E-state index contributed by atoms with van der Waals surface area (Å²) in [6.45, 7) is 5.87. The standard InChI is InChI=1S/C21H24N6O2.ClH/c1-2-17(28)14-29-18-9-19(21-16(10-22)12-25-27(21)13-18)15-3-4-20(24-11-15)26-7-5-23-6-8-26;/h3-4,9,11-13,17,23,28H,2,5-8,14H2,1H3;1H/t17-;/m0./s1. The summed E-state index contributed by atoms with van der Waals surface area (Å²) in [4.78, 5) is 6.90. The van der Waals surface area contributed by atoms with Crippen LogP contribution in [0, 0.1) is 11.3 Å². The van der Waals surface area contributed by atoms with Gasteiger partial charge in [-0.05, 0) is 24.6 Å². The van der Waals surface area contributed by atoms with Crippen molar-refractivity contribution in [1.29, 1.82) is 5.26 Å². The maximum Gasteiger partial charge on any atom is 0.138 e. The molecule has 158 valence electrons. The van der Waals surface area contributed by atoms with E-state index in [4.69, 9.17) is 4.74 Å². The smallest absolute Gasteiger partial charge is 0.138 e. The Labute approximate surface area is 181 Å². The zero-order chi connectivity index (χ0) is 20.2. The highest BCUT2D eigenvalue weighted by Crippen LogP contribution is 2.31. The zero-order valence-corrected chi connectivity index (χ0v) is 17.6. The van der Waals surface area contributed by atoms with Crippen LogP contribution in [0.1, 0.15) is 18.9 Å². The number of piperazine rings is 1. The van der Waals surface area contributed by atoms with E-state index in [9.17, 15) is 10.4 Å². The number of hydrogen-bond donors (Lipinski definition) is 2. The van der Waals surface area contributed by atoms with Gasteiger partial charge in [-0.25, -0.2) is 9.50 Å². The Balaban J connectivity index is 0.00000256. The Morgan fingerprint density at radius 2 is 2.10 bits per heavy atom. The van der Waals surface area contributed by atoms with Crippen LogP contribution >= 0.6 is 12.4 Å². The third-order valence-electron chi connectivity index (χ3n) is 5.12. The van der Waals surface area contributed by atoms with E-state index in [0.717, 1.165) is 43.1 Å². The molecule has 0 unspecified atom stereocenters. The lowest BCUT2D eigenvalue weighted by atomic mass is 10.1. The number of rotatable bonds is 6. The molecule has 1 aliphatic rings. The molecule has 4 heterocycles. The van der Waals surface area contributed by atoms with Gasteiger partial charge < -0.3 is 20.1 Å². The first-order chi connectivity index (χ1) is 14.2. The van der Waals surface area contributed by atoms with E-state index in [0.29, 0.717) is 23.3 Å². The number of aliphatic hydroxyl groups excluding tert-OH is 1. The fraction of sp³-hybridized carbons (Fsp3) is 0.381. The zero-order valence-electron chi connectivity index (χ0n) is 16.8. The number of halogens is 1. The monoisotopic (exact) mass is 428 g/mol. The quantitative estimate of drug-likeness (QED) is 0.621. The minimum atomic E-state index is -0.526. The maximum absolute atomic E-state index is 9.81. The van der Waals surface area contributed by atoms with Crippen LogP contribution in [0.2, 0.25) is 0 Å². The second-order valence-corrected chi connectivity index (χ2v) is 7.07. The normalized spacial score (nSPS) is 14.8. The van der Waals surface area contributed by atoms with Gasteiger partial charge in [-0.2, -0.15) is 10.4 Å². The fourth-order valence-corrected chi connectivity index (χ4v) is 3.41. The first-order valence-corrected chi connectivity index (χ1v) is 9.84. The molecule has 30 heavy (non-hydrogen) atoms. The van der Waals surface area contributed by atoms with E-state index in [1.54, 1.807) is 16.9 Å². The molecular weight excluding hydrogens is 404 g/mol. The molecule has 1 saturated heterocycles. The second-order valence-electron chi connectivity index (χ2n) is 7.07. The van der Waals surface area contributed by atoms with Crippen LogP contribution in [-0.2, 0) is 0 Å². The highest BCUT2D eigenvalue weighted by Gasteiger charge is 2.16. The molecule has 1 atom stereocenters. The second kappa shape index (κ2) is 9.76. The van der Waals surface area contributed by atoms with Gasteiger partial charge in [0.1, 0.15) is 24.2 Å². The molecule has 4 rings (SSSR count). The van der Waals surface area contributed by atoms with E-state index < -0.39 is 6.10 Å². The van der Waals surface area contributed by atoms with Gasteiger partial charge in [0, 0.05) is 43.5 Å². The molecule has 9 heteroatoms. The van der Waals surface area contributed by atoms with Gasteiger partial charge in [-0.1, -0.05) is 6.92 Å². The van der Waals surface area contributed by atoms with E-state index in [1.165, 1.54) is 0 Å². The lowest BCUT2D eigenvalue weighted by molar-refractivity contribution is 0.104. The van der Waals surface area contributed by atoms with Gasteiger partial charge in [-0.3, -0.25) is 0 Å². The van der Waals surface area contributed by atoms with Gasteiger partial charge in [0.25, 0.3) is 0 Å². The number of fused-ring (bicyclic) bond motifs is 1. The molecule has 0 aliphatic carbocycles. The fourth-order valence-electron chi connectivity index (χ4n) is 3.41. The third kappa shape index (κ3) is 4.49. The van der Waals surface area contributed by atoms with Crippen LogP contribution in [0.15, 0.2) is 36.8 Å². The molecule has 3 aromatic heterocycles. The number of aliphatic hydroxyl groups is 1. The van der Waals surface area contributed by atoms with Crippen molar-refractivity contribution in [2.75, 3.05) is 37.7 Å². The predicted octanol–water partition coefficient (Wildman–Crippen LogP) is 2.25. The lowest BCUT2D eigenvalue weighted by Crippen LogP contribution is -2.43. The van der Waals surface area contributed by atoms with Crippen molar-refractivity contribution in [2.24, 2.45) is 0 Å². The number of ether oxygens (including phenoxy) is 1. The molecular formula is C21H25ClN6O2. The average molecular weight is 429 g/mol. The van der Waals surface area contributed by atoms with E-state index in [-0.39, 0.29) is 19.0 Å². The molecule has 2 N–H and O–H groups in total. The Morgan fingerprint density at radius 3 is 2.77 bits per heavy atom. The van der Waals surface area contributed by atoms with Gasteiger partial charge >= 0.3 is 0 Å². The van der Waals surface area contributed by atoms with Gasteiger partial charge in [-0.15, -0.1) is 12.4 Å². The van der Waals surface area contributed by atoms with E-state index in [1.807, 2.05) is 31.3 Å². The number of anilines is 1. The maximum atomic E-state index is 9.81. The highest BCUT2D eigenvalue weighted by atomic mass is 35.5. The molecule has 1 fully saturated rings. The lowest BCUT2D eigenvalue weighted by Gasteiger charge is -2.28. The minimum absolute atomic E-state index is 0. The summed E-state index contributed by atoms with van der Waals surface area (Å²) in [7, 11) is 0. The Kier molecular flexibility index (Phi) is 7.11. The molecule has 0 aromatic carbocycles. The number of aromatic nitrogens is 3. The van der Waals surface area contributed by atoms with Crippen LogP contribution < -0.4 is 15.0 Å². The molecule has 1 aliphatic heterocycles. The van der Waals surface area contributed by atoms with E-state index >= 15 is 0 Å². The number of hydrogen-bond acceptors (Lipinski definition) is 7. The van der Waals surface area contributed by atoms with Crippen LogP contribution in [-0.4, -0.2) is 58.6 Å². The topological polar surface area (TPSA) is 98.7 Å². The number of nitriles is 1. The molecule has 0 radical (unpaired) electrons. The Bertz CT molecular complexity index is 1020. The molecule has 0 amide bonds. The number of pyridine rings is 2. The summed E-state index contributed by atoms with van der Waals surface area (Å²) in [5.41, 5.74) is 2.91. The van der Waals surface area contributed by atoms with Crippen LogP contribution in [0.5, 0.6) is 5.75 Å². The summed E-state index contributed by atoms with van der Waals surface area (Å²) >= 11 is 0. The number of nitrogens with one attached hydrogen (secondary N) is 1. The average Bonchev–Trinajstić information content (AvgIpc) is 3.20. The van der Waals surface area contributed by atoms with Gasteiger partial charge in [0.2, 0.25) is 0 Å². The van der Waals surface area contributed by atoms with Crippen molar-refractivity contribution in [3.05, 3.63) is 42.4 Å². The van der Waals surface area contributed by atoms with Crippen molar-refractivity contribution >= 4 is 23.7 Å². The molecule has 0 bridgehead atoms. The molecule has 0 spiro atoms. The van der Waals surface area contributed by atoms with Crippen molar-refractivity contribution in [2.45, 2.75) is 19.4 Å². The third-order valence-corrected chi connectivity index (χ3v) is 5.12. The summed E-state index contributed by atoms with van der Waals surface area (Å²) in [5.74, 6) is 1.53. The Hall–Kier alpha value is -2.86. The van der Waals surface area contributed by atoms with Gasteiger partial charge in [0.15, 0.2) is 0 Å². The number of nitrogens with zero attached hydrogens (tertiary/aromatic N) is 5. The minimum Gasteiger partial charge on any atom is -0.489 e. The Morgan fingerprint density at radius 1 is 1.30 bits per heavy atom. The van der Waals surface area contributed by atoms with E-state index in [2.05, 4.69) is 26.4 Å². The van der Waals surface area contributed by atoms with Crippen LogP contribution in [0.4, 0.5) is 5.82 Å². The van der Waals surface area contributed by atoms with Crippen molar-refractivity contribution in [3.8, 4) is 22.9 Å². The van der Waals surface area contributed by atoms with Crippen molar-refractivity contribution < 1.29 is 9.84 Å². The summed E-state index contributed by atoms with van der Waals surface area (Å²) in [6.07, 6.45) is 5.19. The van der Waals surface area contributed by atoms with Gasteiger partial charge in [0.05, 0.1) is 29.6 Å². The van der Waals surface area contributed by atoms with Crippen molar-refractivity contribution in [3.63, 3.8) is 0 Å².